The first-order valence-electron chi connectivity index (χ1n) is 6.37. The van der Waals surface area contributed by atoms with Crippen molar-refractivity contribution in [2.45, 2.75) is 45.6 Å². The van der Waals surface area contributed by atoms with Crippen LogP contribution >= 0.6 is 15.9 Å². The van der Waals surface area contributed by atoms with Crippen LogP contribution in [0.4, 0.5) is 17.6 Å². The van der Waals surface area contributed by atoms with Gasteiger partial charge in [0.05, 0.1) is 0 Å². The molecule has 0 saturated carbocycles. The van der Waals surface area contributed by atoms with Gasteiger partial charge in [-0.2, -0.15) is 8.78 Å². The lowest BCUT2D eigenvalue weighted by Gasteiger charge is -2.29. The number of alkyl halides is 4. The largest absolute Gasteiger partial charge is 0.326 e. The maximum Gasteiger partial charge on any atom is 0.326 e. The summed E-state index contributed by atoms with van der Waals surface area (Å²) in [6, 6.07) is 1.52. The molecule has 1 unspecified atom stereocenters. The van der Waals surface area contributed by atoms with E-state index in [2.05, 4.69) is 21.2 Å². The zero-order valence-electron chi connectivity index (χ0n) is 11.6. The van der Waals surface area contributed by atoms with E-state index in [4.69, 9.17) is 0 Å². The molecule has 0 heterocycles. The Kier molecular flexibility index (Phi) is 6.01. The SMILES string of the molecule is CCCNC(c1cc(C)c(Br)cc1C)C(F)(F)C(F)F. The molecule has 20 heavy (non-hydrogen) atoms. The summed E-state index contributed by atoms with van der Waals surface area (Å²) in [4.78, 5) is 0. The van der Waals surface area contributed by atoms with Gasteiger partial charge in [0.15, 0.2) is 0 Å². The Morgan fingerprint density at radius 2 is 1.80 bits per heavy atom. The highest BCUT2D eigenvalue weighted by Gasteiger charge is 2.49. The second kappa shape index (κ2) is 6.89. The maximum atomic E-state index is 13.8. The van der Waals surface area contributed by atoms with E-state index >= 15 is 0 Å². The Balaban J connectivity index is 3.27. The summed E-state index contributed by atoms with van der Waals surface area (Å²) in [5.74, 6) is -4.11. The highest BCUT2D eigenvalue weighted by molar-refractivity contribution is 9.10. The predicted molar refractivity (Wildman–Crippen MR) is 75.6 cm³/mol. The third kappa shape index (κ3) is 3.73. The molecule has 0 saturated heterocycles. The standard InChI is InChI=1S/C14H18BrF4N/c1-4-5-20-12(14(18,19)13(16)17)10-6-9(3)11(15)7-8(10)2/h6-7,12-13,20H,4-5H2,1-3H3. The third-order valence-corrected chi connectivity index (χ3v) is 3.99. The van der Waals surface area contributed by atoms with Gasteiger partial charge in [-0.05, 0) is 49.6 Å². The van der Waals surface area contributed by atoms with Crippen LogP contribution in [0.15, 0.2) is 16.6 Å². The summed E-state index contributed by atoms with van der Waals surface area (Å²) >= 11 is 3.31. The molecular weight excluding hydrogens is 338 g/mol. The second-order valence-electron chi connectivity index (χ2n) is 4.82. The molecule has 1 N–H and O–H groups in total. The average molecular weight is 356 g/mol. The smallest absolute Gasteiger partial charge is 0.305 e. The van der Waals surface area contributed by atoms with Gasteiger partial charge in [-0.3, -0.25) is 0 Å². The molecule has 0 amide bonds. The fourth-order valence-corrected chi connectivity index (χ4v) is 2.44. The van der Waals surface area contributed by atoms with Crippen molar-refractivity contribution in [1.82, 2.24) is 5.32 Å². The first-order valence-corrected chi connectivity index (χ1v) is 7.17. The summed E-state index contributed by atoms with van der Waals surface area (Å²) in [6.07, 6.45) is -3.12. The van der Waals surface area contributed by atoms with Gasteiger partial charge in [-0.15, -0.1) is 0 Å². The summed E-state index contributed by atoms with van der Waals surface area (Å²) < 4.78 is 53.8. The molecule has 0 aromatic heterocycles. The van der Waals surface area contributed by atoms with E-state index in [1.165, 1.54) is 6.07 Å². The van der Waals surface area contributed by atoms with E-state index in [-0.39, 0.29) is 12.1 Å². The van der Waals surface area contributed by atoms with Gasteiger partial charge in [0.2, 0.25) is 0 Å². The third-order valence-electron chi connectivity index (χ3n) is 3.13. The Labute approximate surface area is 124 Å². The lowest BCUT2D eigenvalue weighted by molar-refractivity contribution is -0.151. The van der Waals surface area contributed by atoms with E-state index < -0.39 is 18.4 Å². The summed E-state index contributed by atoms with van der Waals surface area (Å²) in [5.41, 5.74) is 1.50. The Morgan fingerprint density at radius 3 is 2.30 bits per heavy atom. The van der Waals surface area contributed by atoms with Crippen LogP contribution in [-0.4, -0.2) is 18.9 Å². The van der Waals surface area contributed by atoms with E-state index in [9.17, 15) is 17.6 Å². The molecule has 1 rings (SSSR count). The van der Waals surface area contributed by atoms with Crippen molar-refractivity contribution in [2.24, 2.45) is 0 Å². The minimum Gasteiger partial charge on any atom is -0.305 e. The van der Waals surface area contributed by atoms with Gasteiger partial charge in [0, 0.05) is 4.47 Å². The van der Waals surface area contributed by atoms with Crippen LogP contribution in [0, 0.1) is 13.8 Å². The Bertz CT molecular complexity index is 463. The molecule has 0 bridgehead atoms. The number of benzene rings is 1. The normalized spacial score (nSPS) is 13.8. The minimum atomic E-state index is -4.11. The average Bonchev–Trinajstić information content (AvgIpc) is 2.35. The van der Waals surface area contributed by atoms with Crippen molar-refractivity contribution in [3.05, 3.63) is 33.3 Å². The van der Waals surface area contributed by atoms with Gasteiger partial charge >= 0.3 is 12.3 Å². The van der Waals surface area contributed by atoms with Crippen molar-refractivity contribution in [2.75, 3.05) is 6.54 Å². The molecule has 1 aromatic carbocycles. The van der Waals surface area contributed by atoms with Crippen molar-refractivity contribution in [3.8, 4) is 0 Å². The van der Waals surface area contributed by atoms with Gasteiger partial charge in [-0.1, -0.05) is 28.9 Å². The number of aryl methyl sites for hydroxylation is 2. The quantitative estimate of drug-likeness (QED) is 0.707. The number of halogens is 5. The molecule has 1 aromatic rings. The van der Waals surface area contributed by atoms with Gasteiger partial charge in [-0.25, -0.2) is 8.78 Å². The van der Waals surface area contributed by atoms with Crippen LogP contribution in [0.2, 0.25) is 0 Å². The molecule has 0 radical (unpaired) electrons. The first kappa shape index (κ1) is 17.4. The van der Waals surface area contributed by atoms with Crippen molar-refractivity contribution >= 4 is 15.9 Å². The zero-order chi connectivity index (χ0) is 15.5. The van der Waals surface area contributed by atoms with Crippen LogP contribution in [0.3, 0.4) is 0 Å². The fraction of sp³-hybridized carbons (Fsp3) is 0.571. The molecule has 1 atom stereocenters. The van der Waals surface area contributed by atoms with E-state index in [0.29, 0.717) is 12.0 Å². The predicted octanol–water partition coefficient (Wildman–Crippen LogP) is 5.01. The van der Waals surface area contributed by atoms with Gasteiger partial charge in [0.25, 0.3) is 0 Å². The Hall–Kier alpha value is -0.620. The molecule has 0 fully saturated rings. The van der Waals surface area contributed by atoms with E-state index in [0.717, 1.165) is 10.0 Å². The number of rotatable bonds is 6. The van der Waals surface area contributed by atoms with Crippen LogP contribution in [0.25, 0.3) is 0 Å². The molecule has 0 aliphatic carbocycles. The second-order valence-corrected chi connectivity index (χ2v) is 5.67. The zero-order valence-corrected chi connectivity index (χ0v) is 13.2. The summed E-state index contributed by atoms with van der Waals surface area (Å²) in [7, 11) is 0. The van der Waals surface area contributed by atoms with Crippen molar-refractivity contribution in [3.63, 3.8) is 0 Å². The molecule has 6 heteroatoms. The Morgan fingerprint density at radius 1 is 1.20 bits per heavy atom. The van der Waals surface area contributed by atoms with E-state index in [1.54, 1.807) is 26.8 Å². The van der Waals surface area contributed by atoms with Crippen LogP contribution < -0.4 is 5.32 Å². The lowest BCUT2D eigenvalue weighted by atomic mass is 9.94. The van der Waals surface area contributed by atoms with Crippen molar-refractivity contribution in [1.29, 1.82) is 0 Å². The fourth-order valence-electron chi connectivity index (χ4n) is 1.98. The number of hydrogen-bond acceptors (Lipinski definition) is 1. The minimum absolute atomic E-state index is 0.212. The monoisotopic (exact) mass is 355 g/mol. The first-order chi connectivity index (χ1) is 9.21. The van der Waals surface area contributed by atoms with Gasteiger partial charge in [0.1, 0.15) is 6.04 Å². The summed E-state index contributed by atoms with van der Waals surface area (Å²) in [5, 5.41) is 2.55. The lowest BCUT2D eigenvalue weighted by Crippen LogP contribution is -2.43. The number of nitrogens with one attached hydrogen (secondary N) is 1. The molecule has 0 aliphatic rings. The molecule has 0 aliphatic heterocycles. The summed E-state index contributed by atoms with van der Waals surface area (Å²) in [6.45, 7) is 5.43. The molecule has 0 spiro atoms. The van der Waals surface area contributed by atoms with Crippen molar-refractivity contribution < 1.29 is 17.6 Å². The van der Waals surface area contributed by atoms with Crippen LogP contribution in [0.5, 0.6) is 0 Å². The molecule has 1 nitrogen and oxygen atoms in total. The molecule has 114 valence electrons. The number of hydrogen-bond donors (Lipinski definition) is 1. The van der Waals surface area contributed by atoms with E-state index in [1.807, 2.05) is 0 Å². The maximum absolute atomic E-state index is 13.8. The highest BCUT2D eigenvalue weighted by Crippen LogP contribution is 2.39. The topological polar surface area (TPSA) is 12.0 Å². The molecular formula is C14H18BrF4N. The van der Waals surface area contributed by atoms with Gasteiger partial charge < -0.3 is 5.32 Å². The van der Waals surface area contributed by atoms with Crippen LogP contribution in [-0.2, 0) is 0 Å². The van der Waals surface area contributed by atoms with Crippen LogP contribution in [0.1, 0.15) is 36.1 Å². The highest BCUT2D eigenvalue weighted by atomic mass is 79.9.